The quantitative estimate of drug-likeness (QED) is 0.841. The van der Waals surface area contributed by atoms with Crippen molar-refractivity contribution in [2.75, 3.05) is 12.8 Å². The summed E-state index contributed by atoms with van der Waals surface area (Å²) in [6.45, 7) is 0.446. The third-order valence-electron chi connectivity index (χ3n) is 3.80. The Labute approximate surface area is 129 Å². The first-order valence-corrected chi connectivity index (χ1v) is 9.73. The molecule has 0 saturated heterocycles. The van der Waals surface area contributed by atoms with Crippen LogP contribution in [0.2, 0.25) is 5.15 Å². The van der Waals surface area contributed by atoms with Crippen LogP contribution in [0.15, 0.2) is 23.2 Å². The van der Waals surface area contributed by atoms with Gasteiger partial charge < -0.3 is 0 Å². The molecule has 1 fully saturated rings. The SMILES string of the molecule is CSC1(CNS(=O)(=O)c2cccnc2Cl)CCCCC1. The molecule has 0 spiro atoms. The van der Waals surface area contributed by atoms with Crippen LogP contribution in [0.1, 0.15) is 32.1 Å². The van der Waals surface area contributed by atoms with Gasteiger partial charge in [0, 0.05) is 17.5 Å². The highest BCUT2D eigenvalue weighted by molar-refractivity contribution is 8.00. The molecule has 1 aromatic rings. The Morgan fingerprint density at radius 1 is 1.40 bits per heavy atom. The zero-order valence-corrected chi connectivity index (χ0v) is 13.8. The molecule has 0 amide bonds. The minimum Gasteiger partial charge on any atom is -0.243 e. The Morgan fingerprint density at radius 2 is 2.10 bits per heavy atom. The van der Waals surface area contributed by atoms with Crippen LogP contribution in [0.4, 0.5) is 0 Å². The van der Waals surface area contributed by atoms with Crippen molar-refractivity contribution in [3.8, 4) is 0 Å². The monoisotopic (exact) mass is 334 g/mol. The molecule has 20 heavy (non-hydrogen) atoms. The molecular formula is C13H19ClN2O2S2. The van der Waals surface area contributed by atoms with Crippen LogP contribution < -0.4 is 4.72 Å². The van der Waals surface area contributed by atoms with Crippen molar-refractivity contribution < 1.29 is 8.42 Å². The molecule has 7 heteroatoms. The van der Waals surface area contributed by atoms with Gasteiger partial charge in [-0.15, -0.1) is 0 Å². The third-order valence-corrected chi connectivity index (χ3v) is 7.06. The van der Waals surface area contributed by atoms with Gasteiger partial charge in [-0.05, 0) is 31.2 Å². The highest BCUT2D eigenvalue weighted by Crippen LogP contribution is 2.38. The molecule has 0 aromatic carbocycles. The fourth-order valence-corrected chi connectivity index (χ4v) is 5.11. The second-order valence-electron chi connectivity index (χ2n) is 5.06. The first kappa shape index (κ1) is 16.1. The fraction of sp³-hybridized carbons (Fsp3) is 0.615. The lowest BCUT2D eigenvalue weighted by Crippen LogP contribution is -2.41. The largest absolute Gasteiger partial charge is 0.243 e. The molecule has 112 valence electrons. The second kappa shape index (κ2) is 6.64. The molecular weight excluding hydrogens is 316 g/mol. The summed E-state index contributed by atoms with van der Waals surface area (Å²) in [4.78, 5) is 3.87. The zero-order chi connectivity index (χ0) is 14.6. The van der Waals surface area contributed by atoms with E-state index in [2.05, 4.69) is 16.0 Å². The van der Waals surface area contributed by atoms with Gasteiger partial charge in [0.25, 0.3) is 0 Å². The van der Waals surface area contributed by atoms with Gasteiger partial charge in [-0.2, -0.15) is 11.8 Å². The average molecular weight is 335 g/mol. The van der Waals surface area contributed by atoms with E-state index in [4.69, 9.17) is 11.6 Å². The predicted octanol–water partition coefficient (Wildman–Crippen LogP) is 3.08. The minimum absolute atomic E-state index is 0.0139. The number of sulfonamides is 1. The summed E-state index contributed by atoms with van der Waals surface area (Å²) in [5, 5.41) is 0.0156. The summed E-state index contributed by atoms with van der Waals surface area (Å²) < 4.78 is 27.3. The number of halogens is 1. The van der Waals surface area contributed by atoms with Crippen molar-refractivity contribution in [2.24, 2.45) is 0 Å². The van der Waals surface area contributed by atoms with E-state index in [0.29, 0.717) is 6.54 Å². The maximum atomic E-state index is 12.3. The highest BCUT2D eigenvalue weighted by atomic mass is 35.5. The van der Waals surface area contributed by atoms with Crippen LogP contribution >= 0.6 is 23.4 Å². The van der Waals surface area contributed by atoms with Crippen molar-refractivity contribution in [3.05, 3.63) is 23.5 Å². The maximum absolute atomic E-state index is 12.3. The van der Waals surface area contributed by atoms with E-state index in [1.54, 1.807) is 17.8 Å². The van der Waals surface area contributed by atoms with E-state index in [9.17, 15) is 8.42 Å². The first-order chi connectivity index (χ1) is 9.49. The smallest absolute Gasteiger partial charge is 0.243 e. The molecule has 1 aliphatic rings. The van der Waals surface area contributed by atoms with Gasteiger partial charge in [0.2, 0.25) is 10.0 Å². The van der Waals surface area contributed by atoms with Crippen LogP contribution in [-0.4, -0.2) is 30.9 Å². The van der Waals surface area contributed by atoms with E-state index in [1.807, 2.05) is 0 Å². The maximum Gasteiger partial charge on any atom is 0.243 e. The van der Waals surface area contributed by atoms with E-state index in [1.165, 1.54) is 18.7 Å². The summed E-state index contributed by atoms with van der Waals surface area (Å²) in [7, 11) is -3.60. The van der Waals surface area contributed by atoms with Crippen molar-refractivity contribution in [1.82, 2.24) is 9.71 Å². The van der Waals surface area contributed by atoms with E-state index in [0.717, 1.165) is 25.7 Å². The number of thioether (sulfide) groups is 1. The predicted molar refractivity (Wildman–Crippen MR) is 83.8 cm³/mol. The van der Waals surface area contributed by atoms with Gasteiger partial charge in [0.05, 0.1) is 0 Å². The van der Waals surface area contributed by atoms with Crippen LogP contribution in [0.25, 0.3) is 0 Å². The lowest BCUT2D eigenvalue weighted by atomic mass is 9.88. The summed E-state index contributed by atoms with van der Waals surface area (Å²) in [5.41, 5.74) is 0. The molecule has 1 aromatic heterocycles. The zero-order valence-electron chi connectivity index (χ0n) is 11.4. The van der Waals surface area contributed by atoms with E-state index < -0.39 is 10.0 Å². The summed E-state index contributed by atoms with van der Waals surface area (Å²) >= 11 is 7.62. The number of pyridine rings is 1. The number of aromatic nitrogens is 1. The standard InChI is InChI=1S/C13H19ClN2O2S2/c1-19-13(7-3-2-4-8-13)10-16-20(17,18)11-6-5-9-15-12(11)14/h5-6,9,16H,2-4,7-8,10H2,1H3. The van der Waals surface area contributed by atoms with Gasteiger partial charge in [-0.1, -0.05) is 30.9 Å². The Bertz CT molecular complexity index is 557. The Morgan fingerprint density at radius 3 is 2.70 bits per heavy atom. The fourth-order valence-electron chi connectivity index (χ4n) is 2.53. The summed E-state index contributed by atoms with van der Waals surface area (Å²) in [6, 6.07) is 3.05. The van der Waals surface area contributed by atoms with Crippen molar-refractivity contribution in [1.29, 1.82) is 0 Å². The lowest BCUT2D eigenvalue weighted by Gasteiger charge is -2.35. The number of nitrogens with zero attached hydrogens (tertiary/aromatic N) is 1. The van der Waals surface area contributed by atoms with Gasteiger partial charge in [-0.3, -0.25) is 0 Å². The molecule has 0 aliphatic heterocycles. The molecule has 4 nitrogen and oxygen atoms in total. The molecule has 1 aliphatic carbocycles. The molecule has 0 bridgehead atoms. The van der Waals surface area contributed by atoms with E-state index >= 15 is 0 Å². The van der Waals surface area contributed by atoms with Gasteiger partial charge >= 0.3 is 0 Å². The number of hydrogen-bond acceptors (Lipinski definition) is 4. The molecule has 1 saturated carbocycles. The van der Waals surface area contributed by atoms with Gasteiger partial charge in [0.1, 0.15) is 10.0 Å². The Kier molecular flexibility index (Phi) is 5.34. The molecule has 0 unspecified atom stereocenters. The summed E-state index contributed by atoms with van der Waals surface area (Å²) in [5.74, 6) is 0. The number of hydrogen-bond donors (Lipinski definition) is 1. The minimum atomic E-state index is -3.60. The Hall–Kier alpha value is -0.300. The average Bonchev–Trinajstić information content (AvgIpc) is 2.47. The topological polar surface area (TPSA) is 59.1 Å². The third kappa shape index (κ3) is 3.67. The molecule has 1 N–H and O–H groups in total. The van der Waals surface area contributed by atoms with Crippen LogP contribution in [0, 0.1) is 0 Å². The van der Waals surface area contributed by atoms with Crippen LogP contribution in [0.5, 0.6) is 0 Å². The molecule has 1 heterocycles. The normalized spacial score (nSPS) is 18.9. The summed E-state index contributed by atoms with van der Waals surface area (Å²) in [6.07, 6.45) is 9.20. The lowest BCUT2D eigenvalue weighted by molar-refractivity contribution is 0.395. The van der Waals surface area contributed by atoms with Crippen LogP contribution in [-0.2, 0) is 10.0 Å². The Balaban J connectivity index is 2.11. The van der Waals surface area contributed by atoms with Crippen LogP contribution in [0.3, 0.4) is 0 Å². The van der Waals surface area contributed by atoms with Gasteiger partial charge in [-0.25, -0.2) is 18.1 Å². The first-order valence-electron chi connectivity index (χ1n) is 6.64. The molecule has 2 rings (SSSR count). The molecule has 0 atom stereocenters. The van der Waals surface area contributed by atoms with Gasteiger partial charge in [0.15, 0.2) is 0 Å². The van der Waals surface area contributed by atoms with Crippen molar-refractivity contribution >= 4 is 33.4 Å². The van der Waals surface area contributed by atoms with Crippen molar-refractivity contribution in [3.63, 3.8) is 0 Å². The number of nitrogens with one attached hydrogen (secondary N) is 1. The highest BCUT2D eigenvalue weighted by Gasteiger charge is 2.33. The second-order valence-corrected chi connectivity index (χ2v) is 8.43. The van der Waals surface area contributed by atoms with Crippen molar-refractivity contribution in [2.45, 2.75) is 41.7 Å². The van der Waals surface area contributed by atoms with E-state index in [-0.39, 0.29) is 14.8 Å². The number of rotatable bonds is 5. The molecule has 0 radical (unpaired) electrons.